The summed E-state index contributed by atoms with van der Waals surface area (Å²) < 4.78 is 15.0. The van der Waals surface area contributed by atoms with Crippen LogP contribution in [0.2, 0.25) is 0 Å². The lowest BCUT2D eigenvalue weighted by Crippen LogP contribution is -2.21. The summed E-state index contributed by atoms with van der Waals surface area (Å²) in [6, 6.07) is 6.50. The molecule has 0 saturated carbocycles. The molecule has 0 radical (unpaired) electrons. The van der Waals surface area contributed by atoms with Gasteiger partial charge in [0.15, 0.2) is 0 Å². The predicted molar refractivity (Wildman–Crippen MR) is 63.8 cm³/mol. The minimum absolute atomic E-state index is 0.0745. The van der Waals surface area contributed by atoms with Gasteiger partial charge in [0.05, 0.1) is 11.9 Å². The van der Waals surface area contributed by atoms with Gasteiger partial charge >= 0.3 is 0 Å². The first-order valence-electron chi connectivity index (χ1n) is 5.82. The Hall–Kier alpha value is -1.68. The summed E-state index contributed by atoms with van der Waals surface area (Å²) in [6.45, 7) is 0.940. The highest BCUT2D eigenvalue weighted by Crippen LogP contribution is 2.28. The van der Waals surface area contributed by atoms with Gasteiger partial charge in [-0.25, -0.2) is 9.37 Å². The fourth-order valence-corrected chi connectivity index (χ4v) is 2.37. The third kappa shape index (κ3) is 1.74. The molecular formula is C13H14FN3. The molecule has 1 aromatic heterocycles. The summed E-state index contributed by atoms with van der Waals surface area (Å²) in [7, 11) is 0. The molecule has 0 fully saturated rings. The van der Waals surface area contributed by atoms with E-state index in [0.717, 1.165) is 36.5 Å². The van der Waals surface area contributed by atoms with Crippen molar-refractivity contribution in [2.75, 3.05) is 0 Å². The number of fused-ring (bicyclic) bond motifs is 1. The molecule has 3 rings (SSSR count). The molecule has 1 aliphatic heterocycles. The molecule has 1 aromatic carbocycles. The van der Waals surface area contributed by atoms with E-state index < -0.39 is 0 Å². The fourth-order valence-electron chi connectivity index (χ4n) is 2.37. The van der Waals surface area contributed by atoms with Crippen molar-refractivity contribution in [3.8, 4) is 11.4 Å². The number of nitrogens with zero attached hydrogens (tertiary/aromatic N) is 2. The van der Waals surface area contributed by atoms with Gasteiger partial charge in [0.25, 0.3) is 0 Å². The van der Waals surface area contributed by atoms with Crippen LogP contribution in [0.3, 0.4) is 0 Å². The largest absolute Gasteiger partial charge is 0.327 e. The van der Waals surface area contributed by atoms with Gasteiger partial charge < -0.3 is 10.3 Å². The van der Waals surface area contributed by atoms with Crippen molar-refractivity contribution in [1.29, 1.82) is 0 Å². The summed E-state index contributed by atoms with van der Waals surface area (Å²) in [5, 5.41) is 0. The Morgan fingerprint density at radius 2 is 2.06 bits per heavy atom. The Morgan fingerprint density at radius 1 is 1.29 bits per heavy atom. The number of benzene rings is 1. The summed E-state index contributed by atoms with van der Waals surface area (Å²) in [5.41, 5.74) is 8.06. The van der Waals surface area contributed by atoms with E-state index in [1.165, 1.54) is 12.1 Å². The highest BCUT2D eigenvalue weighted by Gasteiger charge is 2.20. The molecule has 0 amide bonds. The van der Waals surface area contributed by atoms with Crippen LogP contribution in [0.15, 0.2) is 30.5 Å². The molecule has 2 N–H and O–H groups in total. The fraction of sp³-hybridized carbons (Fsp3) is 0.308. The molecule has 0 aliphatic carbocycles. The van der Waals surface area contributed by atoms with Crippen molar-refractivity contribution in [3.05, 3.63) is 42.0 Å². The Bertz CT molecular complexity index is 530. The topological polar surface area (TPSA) is 43.8 Å². The van der Waals surface area contributed by atoms with E-state index in [2.05, 4.69) is 9.55 Å². The quantitative estimate of drug-likeness (QED) is 0.819. The molecule has 0 saturated heterocycles. The first-order chi connectivity index (χ1) is 8.25. The number of nitrogens with two attached hydrogens (primary N) is 1. The van der Waals surface area contributed by atoms with Crippen molar-refractivity contribution >= 4 is 0 Å². The molecular weight excluding hydrogens is 217 g/mol. The number of hydrogen-bond donors (Lipinski definition) is 1. The van der Waals surface area contributed by atoms with E-state index in [1.807, 2.05) is 6.20 Å². The van der Waals surface area contributed by atoms with E-state index in [1.54, 1.807) is 12.1 Å². The van der Waals surface area contributed by atoms with Gasteiger partial charge in [-0.2, -0.15) is 0 Å². The molecule has 0 spiro atoms. The predicted octanol–water partition coefficient (Wildman–Crippen LogP) is 2.48. The van der Waals surface area contributed by atoms with Crippen LogP contribution in [0.1, 0.15) is 24.6 Å². The van der Waals surface area contributed by atoms with Crippen molar-refractivity contribution in [2.45, 2.75) is 25.4 Å². The molecule has 2 heterocycles. The van der Waals surface area contributed by atoms with Crippen LogP contribution >= 0.6 is 0 Å². The lowest BCUT2D eigenvalue weighted by molar-refractivity contribution is 0.466. The maximum Gasteiger partial charge on any atom is 0.140 e. The van der Waals surface area contributed by atoms with Crippen molar-refractivity contribution < 1.29 is 4.39 Å². The Morgan fingerprint density at radius 3 is 2.82 bits per heavy atom. The van der Waals surface area contributed by atoms with Crippen molar-refractivity contribution in [3.63, 3.8) is 0 Å². The highest BCUT2D eigenvalue weighted by molar-refractivity contribution is 5.56. The second-order valence-corrected chi connectivity index (χ2v) is 4.41. The number of halogens is 1. The van der Waals surface area contributed by atoms with Crippen LogP contribution in [0.4, 0.5) is 4.39 Å². The minimum atomic E-state index is -0.226. The average Bonchev–Trinajstić information content (AvgIpc) is 2.75. The second-order valence-electron chi connectivity index (χ2n) is 4.41. The number of imidazole rings is 1. The monoisotopic (exact) mass is 231 g/mol. The molecule has 3 nitrogen and oxygen atoms in total. The van der Waals surface area contributed by atoms with E-state index in [0.29, 0.717) is 0 Å². The SMILES string of the molecule is NC1CCCn2c1cnc2-c1ccc(F)cc1. The maximum absolute atomic E-state index is 12.9. The average molecular weight is 231 g/mol. The van der Waals surface area contributed by atoms with E-state index >= 15 is 0 Å². The van der Waals surface area contributed by atoms with Crippen LogP contribution in [-0.2, 0) is 6.54 Å². The third-order valence-corrected chi connectivity index (χ3v) is 3.27. The Labute approximate surface area is 99.1 Å². The van der Waals surface area contributed by atoms with Crippen molar-refractivity contribution in [1.82, 2.24) is 9.55 Å². The first kappa shape index (κ1) is 10.5. The zero-order valence-corrected chi connectivity index (χ0v) is 9.44. The molecule has 2 aromatic rings. The zero-order valence-electron chi connectivity index (χ0n) is 9.44. The van der Waals surface area contributed by atoms with E-state index in [-0.39, 0.29) is 11.9 Å². The molecule has 1 aliphatic rings. The van der Waals surface area contributed by atoms with Gasteiger partial charge in [-0.3, -0.25) is 0 Å². The normalized spacial score (nSPS) is 19.1. The Kier molecular flexibility index (Phi) is 2.44. The van der Waals surface area contributed by atoms with Crippen LogP contribution in [-0.4, -0.2) is 9.55 Å². The van der Waals surface area contributed by atoms with E-state index in [9.17, 15) is 4.39 Å². The molecule has 1 unspecified atom stereocenters. The highest BCUT2D eigenvalue weighted by atomic mass is 19.1. The lowest BCUT2D eigenvalue weighted by Gasteiger charge is -2.22. The van der Waals surface area contributed by atoms with Crippen LogP contribution in [0, 0.1) is 5.82 Å². The maximum atomic E-state index is 12.9. The summed E-state index contributed by atoms with van der Waals surface area (Å²) in [5.74, 6) is 0.658. The van der Waals surface area contributed by atoms with Crippen LogP contribution < -0.4 is 5.73 Å². The van der Waals surface area contributed by atoms with Crippen LogP contribution in [0.25, 0.3) is 11.4 Å². The molecule has 88 valence electrons. The first-order valence-corrected chi connectivity index (χ1v) is 5.82. The van der Waals surface area contributed by atoms with Gasteiger partial charge in [0, 0.05) is 18.2 Å². The number of hydrogen-bond acceptors (Lipinski definition) is 2. The van der Waals surface area contributed by atoms with Gasteiger partial charge in [-0.15, -0.1) is 0 Å². The van der Waals surface area contributed by atoms with Crippen molar-refractivity contribution in [2.24, 2.45) is 5.73 Å². The third-order valence-electron chi connectivity index (χ3n) is 3.27. The zero-order chi connectivity index (χ0) is 11.8. The molecule has 0 bridgehead atoms. The van der Waals surface area contributed by atoms with E-state index in [4.69, 9.17) is 5.73 Å². The summed E-state index contributed by atoms with van der Waals surface area (Å²) in [6.07, 6.45) is 3.91. The molecule has 17 heavy (non-hydrogen) atoms. The van der Waals surface area contributed by atoms with Gasteiger partial charge in [-0.1, -0.05) is 0 Å². The standard InChI is InChI=1S/C13H14FN3/c14-10-5-3-9(4-6-10)13-16-8-12-11(15)2-1-7-17(12)13/h3-6,8,11H,1-2,7,15H2. The minimum Gasteiger partial charge on any atom is -0.327 e. The lowest BCUT2D eigenvalue weighted by atomic mass is 10.1. The smallest absolute Gasteiger partial charge is 0.140 e. The summed E-state index contributed by atoms with van der Waals surface area (Å²) >= 11 is 0. The van der Waals surface area contributed by atoms with Crippen LogP contribution in [0.5, 0.6) is 0 Å². The molecule has 1 atom stereocenters. The molecule has 4 heteroatoms. The number of rotatable bonds is 1. The Balaban J connectivity index is 2.07. The second kappa shape index (κ2) is 3.96. The summed E-state index contributed by atoms with van der Waals surface area (Å²) in [4.78, 5) is 4.41. The number of aromatic nitrogens is 2. The van der Waals surface area contributed by atoms with Gasteiger partial charge in [0.2, 0.25) is 0 Å². The van der Waals surface area contributed by atoms with Gasteiger partial charge in [0.1, 0.15) is 11.6 Å². The van der Waals surface area contributed by atoms with Gasteiger partial charge in [-0.05, 0) is 37.1 Å².